The third-order valence-corrected chi connectivity index (χ3v) is 3.92. The molecule has 0 aliphatic heterocycles. The summed E-state index contributed by atoms with van der Waals surface area (Å²) in [5, 5.41) is 4.50. The summed E-state index contributed by atoms with van der Waals surface area (Å²) < 4.78 is 5.19. The molecule has 0 heterocycles. The van der Waals surface area contributed by atoms with E-state index in [1.165, 1.54) is 7.11 Å². The Morgan fingerprint density at radius 3 is 2.75 bits per heavy atom. The molecule has 0 aromatic heterocycles. The molecule has 112 valence electrons. The largest absolute Gasteiger partial charge is 0.496 e. The zero-order valence-electron chi connectivity index (χ0n) is 12.1. The summed E-state index contributed by atoms with van der Waals surface area (Å²) in [4.78, 5) is 12.2. The van der Waals surface area contributed by atoms with E-state index in [0.29, 0.717) is 22.9 Å². The monoisotopic (exact) mass is 361 g/mol. The summed E-state index contributed by atoms with van der Waals surface area (Å²) in [5.41, 5.74) is 0.580. The van der Waals surface area contributed by atoms with E-state index < -0.39 is 0 Å². The van der Waals surface area contributed by atoms with Gasteiger partial charge in [0.05, 0.1) is 12.7 Å². The number of hydrogen-bond donors (Lipinski definition) is 1. The lowest BCUT2D eigenvalue weighted by atomic mass is 9.88. The number of amides is 1. The number of ether oxygens (including phenoxy) is 1. The first-order valence-electron chi connectivity index (χ1n) is 6.57. The maximum atomic E-state index is 12.2. The fourth-order valence-corrected chi connectivity index (χ4v) is 2.34. The van der Waals surface area contributed by atoms with E-state index in [4.69, 9.17) is 16.3 Å². The number of benzene rings is 1. The smallest absolute Gasteiger partial charge is 0.255 e. The van der Waals surface area contributed by atoms with Gasteiger partial charge >= 0.3 is 0 Å². The van der Waals surface area contributed by atoms with Gasteiger partial charge in [-0.15, -0.1) is 0 Å². The highest BCUT2D eigenvalue weighted by atomic mass is 79.9. The Hall–Kier alpha value is -0.740. The molecule has 0 bridgehead atoms. The van der Waals surface area contributed by atoms with Crippen molar-refractivity contribution in [1.29, 1.82) is 0 Å². The Kier molecular flexibility index (Phi) is 6.83. The third-order valence-electron chi connectivity index (χ3n) is 3.12. The van der Waals surface area contributed by atoms with E-state index >= 15 is 0 Å². The molecule has 20 heavy (non-hydrogen) atoms. The topological polar surface area (TPSA) is 38.3 Å². The van der Waals surface area contributed by atoms with Crippen molar-refractivity contribution in [2.24, 2.45) is 5.41 Å². The van der Waals surface area contributed by atoms with E-state index in [2.05, 4.69) is 35.1 Å². The summed E-state index contributed by atoms with van der Waals surface area (Å²) in [5.74, 6) is 0.360. The van der Waals surface area contributed by atoms with Crippen LogP contribution in [0.1, 0.15) is 37.0 Å². The van der Waals surface area contributed by atoms with Crippen LogP contribution in [0.2, 0.25) is 5.02 Å². The lowest BCUT2D eigenvalue weighted by molar-refractivity contribution is 0.0931. The van der Waals surface area contributed by atoms with E-state index in [1.807, 2.05) is 0 Å². The summed E-state index contributed by atoms with van der Waals surface area (Å²) in [6, 6.07) is 5.02. The molecule has 0 saturated carbocycles. The number of rotatable bonds is 7. The van der Waals surface area contributed by atoms with Crippen LogP contribution in [0.25, 0.3) is 0 Å². The summed E-state index contributed by atoms with van der Waals surface area (Å²) in [6.07, 6.45) is 2.14. The Balaban J connectivity index is 2.67. The van der Waals surface area contributed by atoms with Crippen LogP contribution in [0.5, 0.6) is 5.75 Å². The molecule has 1 amide bonds. The molecular formula is C15H21BrClNO2. The standard InChI is InChI=1S/C15H21BrClNO2/c1-15(2,7-4-8-16)10-18-14(19)12-6-5-11(17)9-13(12)20-3/h5-6,9H,4,7-8,10H2,1-3H3,(H,18,19). The van der Waals surface area contributed by atoms with Crippen molar-refractivity contribution in [3.8, 4) is 5.75 Å². The van der Waals surface area contributed by atoms with Gasteiger partial charge in [-0.2, -0.15) is 0 Å². The van der Waals surface area contributed by atoms with Crippen LogP contribution in [-0.4, -0.2) is 24.9 Å². The average molecular weight is 363 g/mol. The van der Waals surface area contributed by atoms with Gasteiger partial charge < -0.3 is 10.1 Å². The number of carbonyl (C=O) groups excluding carboxylic acids is 1. The molecule has 3 nitrogen and oxygen atoms in total. The van der Waals surface area contributed by atoms with Gasteiger partial charge in [-0.1, -0.05) is 41.4 Å². The Bertz CT molecular complexity index is 463. The van der Waals surface area contributed by atoms with Gasteiger partial charge in [0.25, 0.3) is 5.91 Å². The highest BCUT2D eigenvalue weighted by molar-refractivity contribution is 9.09. The molecule has 1 aromatic carbocycles. The van der Waals surface area contributed by atoms with Crippen LogP contribution >= 0.6 is 27.5 Å². The van der Waals surface area contributed by atoms with Gasteiger partial charge in [0.15, 0.2) is 0 Å². The van der Waals surface area contributed by atoms with E-state index in [1.54, 1.807) is 18.2 Å². The lowest BCUT2D eigenvalue weighted by Crippen LogP contribution is -2.34. The summed E-state index contributed by atoms with van der Waals surface area (Å²) >= 11 is 9.32. The second-order valence-corrected chi connectivity index (χ2v) is 6.71. The molecule has 5 heteroatoms. The predicted octanol–water partition coefficient (Wildman–Crippen LogP) is 4.28. The van der Waals surface area contributed by atoms with Gasteiger partial charge in [-0.25, -0.2) is 0 Å². The molecule has 0 saturated heterocycles. The van der Waals surface area contributed by atoms with Crippen molar-refractivity contribution < 1.29 is 9.53 Å². The lowest BCUT2D eigenvalue weighted by Gasteiger charge is -2.24. The first-order chi connectivity index (χ1) is 9.39. The molecule has 0 atom stereocenters. The van der Waals surface area contributed by atoms with E-state index in [-0.39, 0.29) is 11.3 Å². The minimum absolute atomic E-state index is 0.0725. The van der Waals surface area contributed by atoms with Gasteiger partial charge in [-0.05, 0) is 36.5 Å². The zero-order valence-corrected chi connectivity index (χ0v) is 14.5. The fraction of sp³-hybridized carbons (Fsp3) is 0.533. The quantitative estimate of drug-likeness (QED) is 0.735. The second kappa shape index (κ2) is 7.89. The maximum Gasteiger partial charge on any atom is 0.255 e. The number of nitrogens with one attached hydrogen (secondary N) is 1. The third kappa shape index (κ3) is 5.33. The molecule has 0 aliphatic rings. The van der Waals surface area contributed by atoms with E-state index in [9.17, 15) is 4.79 Å². The summed E-state index contributed by atoms with van der Waals surface area (Å²) in [7, 11) is 1.53. The number of methoxy groups -OCH3 is 1. The van der Waals surface area contributed by atoms with Crippen LogP contribution in [0.3, 0.4) is 0 Å². The SMILES string of the molecule is COc1cc(Cl)ccc1C(=O)NCC(C)(C)CCCBr. The normalized spacial score (nSPS) is 11.2. The molecular weight excluding hydrogens is 342 g/mol. The highest BCUT2D eigenvalue weighted by Crippen LogP contribution is 2.24. The minimum atomic E-state index is -0.134. The Morgan fingerprint density at radius 2 is 2.15 bits per heavy atom. The van der Waals surface area contributed by atoms with E-state index in [0.717, 1.165) is 18.2 Å². The number of carbonyl (C=O) groups is 1. The van der Waals surface area contributed by atoms with Crippen LogP contribution in [0.15, 0.2) is 18.2 Å². The predicted molar refractivity (Wildman–Crippen MR) is 87.1 cm³/mol. The van der Waals surface area contributed by atoms with Gasteiger partial charge in [0.2, 0.25) is 0 Å². The average Bonchev–Trinajstić information content (AvgIpc) is 2.42. The molecule has 1 aromatic rings. The van der Waals surface area contributed by atoms with Crippen LogP contribution in [0, 0.1) is 5.41 Å². The first kappa shape index (κ1) is 17.3. The molecule has 0 unspecified atom stereocenters. The Morgan fingerprint density at radius 1 is 1.45 bits per heavy atom. The van der Waals surface area contributed by atoms with Gasteiger partial charge in [-0.3, -0.25) is 4.79 Å². The Labute approximate surface area is 134 Å². The van der Waals surface area contributed by atoms with Crippen LogP contribution in [0.4, 0.5) is 0 Å². The molecule has 1 rings (SSSR count). The van der Waals surface area contributed by atoms with Crippen molar-refractivity contribution >= 4 is 33.4 Å². The number of halogens is 2. The molecule has 1 N–H and O–H groups in total. The fourth-order valence-electron chi connectivity index (χ4n) is 1.90. The zero-order chi connectivity index (χ0) is 15.2. The number of alkyl halides is 1. The van der Waals surface area contributed by atoms with Crippen molar-refractivity contribution in [1.82, 2.24) is 5.32 Å². The van der Waals surface area contributed by atoms with Crippen molar-refractivity contribution in [2.75, 3.05) is 19.0 Å². The van der Waals surface area contributed by atoms with Crippen LogP contribution in [-0.2, 0) is 0 Å². The highest BCUT2D eigenvalue weighted by Gasteiger charge is 2.20. The molecule has 0 aliphatic carbocycles. The maximum absolute atomic E-state index is 12.2. The second-order valence-electron chi connectivity index (χ2n) is 5.48. The minimum Gasteiger partial charge on any atom is -0.496 e. The molecule has 0 spiro atoms. The van der Waals surface area contributed by atoms with Crippen molar-refractivity contribution in [2.45, 2.75) is 26.7 Å². The number of hydrogen-bond acceptors (Lipinski definition) is 2. The molecule has 0 radical (unpaired) electrons. The van der Waals surface area contributed by atoms with Crippen molar-refractivity contribution in [3.63, 3.8) is 0 Å². The summed E-state index contributed by atoms with van der Waals surface area (Å²) in [6.45, 7) is 4.93. The first-order valence-corrected chi connectivity index (χ1v) is 8.07. The van der Waals surface area contributed by atoms with Crippen molar-refractivity contribution in [3.05, 3.63) is 28.8 Å². The molecule has 0 fully saturated rings. The van der Waals surface area contributed by atoms with Gasteiger partial charge in [0, 0.05) is 16.9 Å². The van der Waals surface area contributed by atoms with Gasteiger partial charge in [0.1, 0.15) is 5.75 Å². The van der Waals surface area contributed by atoms with Crippen LogP contribution < -0.4 is 10.1 Å².